The zero-order chi connectivity index (χ0) is 75.7. The van der Waals surface area contributed by atoms with Crippen molar-refractivity contribution < 1.29 is 240 Å². The van der Waals surface area contributed by atoms with Crippen LogP contribution < -0.4 is 0 Å². The molecule has 0 aliphatic rings. The summed E-state index contributed by atoms with van der Waals surface area (Å²) in [5.74, 6) is -2.50. The molecule has 0 rings (SSSR count). The van der Waals surface area contributed by atoms with Crippen LogP contribution in [0.2, 0.25) is 0 Å². The fraction of sp³-hybridized carbons (Fsp3) is 0.955. The summed E-state index contributed by atoms with van der Waals surface area (Å²) < 4.78 is 202. The molecule has 0 radical (unpaired) electrons. The Hall–Kier alpha value is 1.63. The van der Waals surface area contributed by atoms with E-state index >= 15 is 0 Å². The third kappa shape index (κ3) is 29.6. The lowest BCUT2D eigenvalue weighted by Gasteiger charge is -2.41. The van der Waals surface area contributed by atoms with E-state index in [2.05, 4.69) is 0 Å². The Balaban J connectivity index is 9.13. The van der Waals surface area contributed by atoms with Crippen molar-refractivity contribution in [1.82, 2.24) is 29.4 Å². The molecule has 0 aromatic heterocycles. The van der Waals surface area contributed by atoms with Crippen LogP contribution in [0, 0.1) is 0 Å². The van der Waals surface area contributed by atoms with Crippen molar-refractivity contribution >= 4 is 128 Å². The monoisotopic (exact) mass is 1710 g/mol. The van der Waals surface area contributed by atoms with Gasteiger partial charge in [0.2, 0.25) is 44.2 Å². The molecule has 0 amide bonds. The van der Waals surface area contributed by atoms with Gasteiger partial charge in [0.05, 0.1) is 0 Å². The lowest BCUT2D eigenvalue weighted by Crippen LogP contribution is -2.53. The van der Waals surface area contributed by atoms with Gasteiger partial charge < -0.3 is 167 Å². The minimum absolute atomic E-state index is 0.126. The summed E-state index contributed by atoms with van der Waals surface area (Å²) in [4.78, 5) is 330. The van der Waals surface area contributed by atoms with Crippen molar-refractivity contribution in [3.8, 4) is 0 Å². The van der Waals surface area contributed by atoms with Crippen LogP contribution in [0.15, 0.2) is 0 Å². The minimum atomic E-state index is -6.86. The summed E-state index contributed by atoms with van der Waals surface area (Å²) >= 11 is 0. The largest absolute Gasteiger partial charge is 0.480 e. The SMILES string of the molecule is O=C(O)[C@H](CCCCN(CCN(C(P(=O)(O)O)P(=O)(O)O)C(P(=O)(O)O)P(=O)(O)O)CCN(C(P(=O)(O)O)P(=O)(O)O)C(P(=O)(O)O)P(=O)(O)O)N(CCN(C(P(=O)(O)O)P(=O)(O)O)C(P(=O)(O)O)P(=O)(O)O)CCN(C(P(=O)(O)O)P(=O)(O)O)C(P(=O)(O)O)P(=O)(O)O. The molecule has 0 aliphatic carbocycles. The highest BCUT2D eigenvalue weighted by molar-refractivity contribution is 7.75. The van der Waals surface area contributed by atoms with Gasteiger partial charge in [0, 0.05) is 52.4 Å². The topological polar surface area (TPSA) is 977 Å². The van der Waals surface area contributed by atoms with E-state index < -0.39 is 276 Å². The summed E-state index contributed by atoms with van der Waals surface area (Å²) in [5.41, 5.74) is -33.1. The van der Waals surface area contributed by atoms with Gasteiger partial charge in [-0.15, -0.1) is 0 Å². The van der Waals surface area contributed by atoms with Gasteiger partial charge in [0.1, 0.15) is 6.04 Å². The summed E-state index contributed by atoms with van der Waals surface area (Å²) in [5, 5.41) is 10.6. The molecule has 0 fully saturated rings. The van der Waals surface area contributed by atoms with Gasteiger partial charge in [-0.1, -0.05) is 6.42 Å². The molecular weight excluding hydrogens is 1640 g/mol. The number of nitrogens with zero attached hydrogens (tertiary/aromatic N) is 6. The molecule has 0 aromatic carbocycles. The molecule has 0 unspecified atom stereocenters. The van der Waals surface area contributed by atoms with Gasteiger partial charge in [-0.25, -0.2) is 0 Å². The zero-order valence-electron chi connectivity index (χ0n) is 45.7. The molecule has 0 aromatic rings. The Kier molecular flexibility index (Phi) is 34.0. The van der Waals surface area contributed by atoms with E-state index in [0.717, 1.165) is 0 Å². The number of unbranched alkanes of at least 4 members (excludes halogenated alkanes) is 1. The van der Waals surface area contributed by atoms with Crippen molar-refractivity contribution in [3.05, 3.63) is 0 Å². The first-order valence-corrected chi connectivity index (χ1v) is 50.2. The zero-order valence-corrected chi connectivity index (χ0v) is 60.0. The number of carboxylic acid groups (broad SMARTS) is 1. The fourth-order valence-corrected chi connectivity index (χ4v) is 33.3. The van der Waals surface area contributed by atoms with Crippen molar-refractivity contribution in [1.29, 1.82) is 0 Å². The minimum Gasteiger partial charge on any atom is -0.480 e. The second-order valence-corrected chi connectivity index (χ2v) is 49.3. The van der Waals surface area contributed by atoms with E-state index in [1.165, 1.54) is 0 Å². The van der Waals surface area contributed by atoms with Crippen molar-refractivity contribution in [2.24, 2.45) is 0 Å². The Morgan fingerprint density at radius 1 is 0.223 bits per heavy atom. The molecule has 0 saturated heterocycles. The predicted molar refractivity (Wildman–Crippen MR) is 303 cm³/mol. The average molecular weight is 1710 g/mol. The van der Waals surface area contributed by atoms with E-state index in [4.69, 9.17) is 0 Å². The standard InChI is InChI=1S/C22H66N6O50P16/c29-14(30)13(24(7-11-27(19(87(55,56)57)88(58,59)60)20(89(61,62)63)90(64,65)66)8-12-28(21(91(67,68)69)92(70,71)72)22(93(73,74)75)94(76,77)78)3-1-2-4-23(5-9-25(15(79(31,32)33)80(34,35)36)16(81(37,38)39)82(40,41)42)6-10-26(17(83(43,44)45)84(46,47)48)18(85(49,50)51)86(52,53)54/h13,15-22H,1-12H2,(H,29,30)(H2,31,32,33)(H2,34,35,36)(H2,37,38,39)(H2,40,41,42)(H2,43,44,45)(H2,46,47,48)(H2,49,50,51)(H2,52,53,54)(H2,55,56,57)(H2,58,59,60)(H2,61,62,63)(H2,64,65,66)(H2,67,68,69)(H2,70,71,72)(H2,73,74,75)(H2,76,77,78)/t13-/m0/s1. The Morgan fingerprint density at radius 2 is 0.372 bits per heavy atom. The molecule has 564 valence electrons. The van der Waals surface area contributed by atoms with Gasteiger partial charge in [0.25, 0.3) is 0 Å². The lowest BCUT2D eigenvalue weighted by molar-refractivity contribution is -0.144. The number of hydrogen-bond donors (Lipinski definition) is 33. The van der Waals surface area contributed by atoms with Crippen LogP contribution >= 0.6 is 122 Å². The van der Waals surface area contributed by atoms with Crippen molar-refractivity contribution in [2.45, 2.75) is 69.5 Å². The first-order chi connectivity index (χ1) is 40.7. The molecular formula is C22H66N6O50P16. The fourth-order valence-electron chi connectivity index (χ4n) is 8.96. The predicted octanol–water partition coefficient (Wildman–Crippen LogP) is -7.47. The van der Waals surface area contributed by atoms with Gasteiger partial charge in [-0.05, 0) is 19.4 Å². The quantitative estimate of drug-likeness (QED) is 0.0199. The molecule has 0 spiro atoms. The van der Waals surface area contributed by atoms with Gasteiger partial charge in [0.15, 0.2) is 0 Å². The Labute approximate surface area is 523 Å². The highest BCUT2D eigenvalue weighted by Gasteiger charge is 2.63. The van der Waals surface area contributed by atoms with Crippen molar-refractivity contribution in [3.63, 3.8) is 0 Å². The van der Waals surface area contributed by atoms with Crippen LogP contribution in [-0.4, -0.2) is 306 Å². The summed E-state index contributed by atoms with van der Waals surface area (Å²) in [7, 11) is -109. The van der Waals surface area contributed by atoms with E-state index in [1.54, 1.807) is 0 Å². The normalized spacial score (nSPS) is 15.9. The maximum Gasteiger partial charge on any atom is 0.355 e. The molecule has 33 N–H and O–H groups in total. The number of rotatable bonds is 43. The van der Waals surface area contributed by atoms with E-state index in [0.29, 0.717) is 0 Å². The Bertz CT molecular complexity index is 2860. The number of aliphatic carboxylic acids is 1. The first-order valence-electron chi connectivity index (χ1n) is 23.2. The van der Waals surface area contributed by atoms with Crippen LogP contribution in [-0.2, 0) is 77.8 Å². The van der Waals surface area contributed by atoms with Crippen LogP contribution in [0.1, 0.15) is 19.3 Å². The highest BCUT2D eigenvalue weighted by atomic mass is 31.3. The van der Waals surface area contributed by atoms with Gasteiger partial charge >= 0.3 is 128 Å². The number of carboxylic acids is 1. The third-order valence-electron chi connectivity index (χ3n) is 11.8. The molecule has 0 aliphatic heterocycles. The maximum absolute atomic E-state index is 13.2. The second-order valence-electron chi connectivity index (χ2n) is 19.4. The van der Waals surface area contributed by atoms with Crippen LogP contribution in [0.3, 0.4) is 0 Å². The molecule has 0 heterocycles. The smallest absolute Gasteiger partial charge is 0.355 e. The second kappa shape index (κ2) is 33.4. The summed E-state index contributed by atoms with van der Waals surface area (Å²) in [6.45, 7) is -17.3. The highest BCUT2D eigenvalue weighted by Crippen LogP contribution is 2.73. The van der Waals surface area contributed by atoms with Crippen LogP contribution in [0.5, 0.6) is 0 Å². The third-order valence-corrected chi connectivity index (χ3v) is 40.6. The average Bonchev–Trinajstić information content (AvgIpc) is 0.783. The van der Waals surface area contributed by atoms with E-state index in [9.17, 15) is 240 Å². The number of carbonyl (C=O) groups is 1. The van der Waals surface area contributed by atoms with Gasteiger partial charge in [-0.2, -0.15) is 0 Å². The molecule has 0 bridgehead atoms. The van der Waals surface area contributed by atoms with E-state index in [-0.39, 0.29) is 9.80 Å². The summed E-state index contributed by atoms with van der Waals surface area (Å²) in [6, 6.07) is -2.89. The lowest BCUT2D eigenvalue weighted by atomic mass is 10.1. The van der Waals surface area contributed by atoms with E-state index in [1.807, 2.05) is 0 Å². The molecule has 94 heavy (non-hydrogen) atoms. The summed E-state index contributed by atoms with van der Waals surface area (Å²) in [6.07, 6.45) is -3.72. The van der Waals surface area contributed by atoms with Crippen molar-refractivity contribution in [2.75, 3.05) is 58.9 Å². The molecule has 72 heteroatoms. The van der Waals surface area contributed by atoms with Gasteiger partial charge in [-0.3, -0.25) is 102 Å². The first kappa shape index (κ1) is 95.6. The molecule has 0 saturated carbocycles. The maximum atomic E-state index is 13.2. The van der Waals surface area contributed by atoms with Crippen LogP contribution in [0.25, 0.3) is 0 Å². The molecule has 1 atom stereocenters. The molecule has 56 nitrogen and oxygen atoms in total. The number of hydrogen-bond acceptors (Lipinski definition) is 23. The Morgan fingerprint density at radius 3 is 0.511 bits per heavy atom. The van der Waals surface area contributed by atoms with Crippen LogP contribution in [0.4, 0.5) is 0 Å².